The van der Waals surface area contributed by atoms with E-state index >= 15 is 0 Å². The predicted octanol–water partition coefficient (Wildman–Crippen LogP) is 4.89. The highest BCUT2D eigenvalue weighted by Gasteiger charge is 2.32. The first kappa shape index (κ1) is 21.9. The second-order valence-corrected chi connectivity index (χ2v) is 7.42. The van der Waals surface area contributed by atoms with Crippen LogP contribution >= 0.6 is 0 Å². The molecular formula is C21H36O4. The van der Waals surface area contributed by atoms with E-state index in [-0.39, 0.29) is 18.4 Å². The lowest BCUT2D eigenvalue weighted by molar-refractivity contribution is -0.137. The third-order valence-electron chi connectivity index (χ3n) is 5.24. The van der Waals surface area contributed by atoms with Gasteiger partial charge in [-0.3, -0.25) is 9.59 Å². The second-order valence-electron chi connectivity index (χ2n) is 7.42. The van der Waals surface area contributed by atoms with Crippen LogP contribution in [0.25, 0.3) is 0 Å². The summed E-state index contributed by atoms with van der Waals surface area (Å²) < 4.78 is 0. The summed E-state index contributed by atoms with van der Waals surface area (Å²) in [5.41, 5.74) is 0. The highest BCUT2D eigenvalue weighted by Crippen LogP contribution is 2.34. The van der Waals surface area contributed by atoms with Gasteiger partial charge in [-0.1, -0.05) is 64.0 Å². The van der Waals surface area contributed by atoms with Crippen LogP contribution in [0.15, 0.2) is 12.2 Å². The van der Waals surface area contributed by atoms with E-state index in [0.29, 0.717) is 18.1 Å². The zero-order valence-corrected chi connectivity index (χ0v) is 15.8. The van der Waals surface area contributed by atoms with Gasteiger partial charge in [0.1, 0.15) is 5.78 Å². The van der Waals surface area contributed by atoms with Gasteiger partial charge in [0.05, 0.1) is 6.10 Å². The summed E-state index contributed by atoms with van der Waals surface area (Å²) in [6.45, 7) is 2.16. The standard InChI is InChI=1S/C21H36O4/c1-2-3-7-10-18(22)15-13-17-14-16-20(23)19(17)11-8-5-4-6-9-12-21(24)25/h13,15,17-19,22H,2-12,14,16H2,1H3,(H,24,25)/b15-13+/t17-,18+,19+/m0/s1. The fourth-order valence-corrected chi connectivity index (χ4v) is 3.68. The topological polar surface area (TPSA) is 74.6 Å². The van der Waals surface area contributed by atoms with E-state index in [1.54, 1.807) is 0 Å². The van der Waals surface area contributed by atoms with Crippen molar-refractivity contribution in [3.8, 4) is 0 Å². The van der Waals surface area contributed by atoms with Crippen LogP contribution < -0.4 is 0 Å². The second kappa shape index (κ2) is 13.1. The molecule has 0 aromatic carbocycles. The molecule has 0 unspecified atom stereocenters. The molecule has 3 atom stereocenters. The van der Waals surface area contributed by atoms with Crippen molar-refractivity contribution in [1.29, 1.82) is 0 Å². The first-order valence-electron chi connectivity index (χ1n) is 10.2. The van der Waals surface area contributed by atoms with Crippen LogP contribution in [0.5, 0.6) is 0 Å². The fourth-order valence-electron chi connectivity index (χ4n) is 3.68. The van der Waals surface area contributed by atoms with Crippen molar-refractivity contribution in [2.24, 2.45) is 11.8 Å². The molecule has 4 heteroatoms. The molecule has 0 bridgehead atoms. The lowest BCUT2D eigenvalue weighted by Gasteiger charge is -2.15. The van der Waals surface area contributed by atoms with Crippen LogP contribution in [0.2, 0.25) is 0 Å². The summed E-state index contributed by atoms with van der Waals surface area (Å²) in [6, 6.07) is 0. The molecule has 1 rings (SSSR count). The molecule has 1 aliphatic rings. The van der Waals surface area contributed by atoms with Gasteiger partial charge in [0.2, 0.25) is 0 Å². The molecular weight excluding hydrogens is 316 g/mol. The first-order valence-corrected chi connectivity index (χ1v) is 10.2. The van der Waals surface area contributed by atoms with Crippen LogP contribution in [-0.4, -0.2) is 28.1 Å². The number of aliphatic carboxylic acids is 1. The number of carboxylic acids is 1. The zero-order valence-electron chi connectivity index (χ0n) is 15.8. The average Bonchev–Trinajstić information content (AvgIpc) is 2.92. The Balaban J connectivity index is 2.24. The Kier molecular flexibility index (Phi) is 11.5. The summed E-state index contributed by atoms with van der Waals surface area (Å²) in [4.78, 5) is 22.6. The largest absolute Gasteiger partial charge is 0.481 e. The molecule has 1 fully saturated rings. The fraction of sp³-hybridized carbons (Fsp3) is 0.810. The van der Waals surface area contributed by atoms with Gasteiger partial charge in [-0.2, -0.15) is 0 Å². The number of carbonyl (C=O) groups is 2. The normalized spacial score (nSPS) is 21.9. The lowest BCUT2D eigenvalue weighted by atomic mass is 9.89. The van der Waals surface area contributed by atoms with Crippen molar-refractivity contribution in [1.82, 2.24) is 0 Å². The van der Waals surface area contributed by atoms with Gasteiger partial charge >= 0.3 is 5.97 Å². The third kappa shape index (κ3) is 9.78. The van der Waals surface area contributed by atoms with E-state index in [2.05, 4.69) is 13.0 Å². The van der Waals surface area contributed by atoms with Gasteiger partial charge in [-0.05, 0) is 31.6 Å². The number of hydrogen-bond acceptors (Lipinski definition) is 3. The van der Waals surface area contributed by atoms with Crippen LogP contribution in [0.4, 0.5) is 0 Å². The molecule has 0 amide bonds. The van der Waals surface area contributed by atoms with Gasteiger partial charge < -0.3 is 10.2 Å². The first-order chi connectivity index (χ1) is 12.0. The molecule has 25 heavy (non-hydrogen) atoms. The van der Waals surface area contributed by atoms with Crippen molar-refractivity contribution in [3.63, 3.8) is 0 Å². The Bertz CT molecular complexity index is 416. The Labute approximate surface area is 152 Å². The number of hydrogen-bond donors (Lipinski definition) is 2. The number of aliphatic hydroxyl groups is 1. The molecule has 0 heterocycles. The van der Waals surface area contributed by atoms with Crippen molar-refractivity contribution in [3.05, 3.63) is 12.2 Å². The van der Waals surface area contributed by atoms with E-state index in [4.69, 9.17) is 5.11 Å². The summed E-state index contributed by atoms with van der Waals surface area (Å²) in [5.74, 6) is 0.0718. The third-order valence-corrected chi connectivity index (χ3v) is 5.24. The highest BCUT2D eigenvalue weighted by molar-refractivity contribution is 5.83. The molecule has 0 radical (unpaired) electrons. The Morgan fingerprint density at radius 3 is 2.60 bits per heavy atom. The number of aliphatic hydroxyl groups excluding tert-OH is 1. The van der Waals surface area contributed by atoms with Gasteiger partial charge in [0.15, 0.2) is 0 Å². The maximum Gasteiger partial charge on any atom is 0.303 e. The molecule has 0 saturated heterocycles. The van der Waals surface area contributed by atoms with Crippen LogP contribution in [0, 0.1) is 11.8 Å². The molecule has 0 aliphatic heterocycles. The van der Waals surface area contributed by atoms with E-state index in [1.165, 1.54) is 0 Å². The van der Waals surface area contributed by atoms with Gasteiger partial charge in [0, 0.05) is 18.8 Å². The number of ketones is 1. The SMILES string of the molecule is CCCCC[C@@H](O)/C=C/[C@H]1CCC(=O)[C@@H]1CCCCCCCC(=O)O. The average molecular weight is 353 g/mol. The van der Waals surface area contributed by atoms with Crippen molar-refractivity contribution in [2.45, 2.75) is 96.5 Å². The zero-order chi connectivity index (χ0) is 18.5. The number of allylic oxidation sites excluding steroid dienone is 1. The maximum absolute atomic E-state index is 12.1. The number of unbranched alkanes of at least 4 members (excludes halogenated alkanes) is 6. The molecule has 2 N–H and O–H groups in total. The van der Waals surface area contributed by atoms with Gasteiger partial charge in [0.25, 0.3) is 0 Å². The molecule has 1 aliphatic carbocycles. The number of carbonyl (C=O) groups excluding carboxylic acids is 1. The van der Waals surface area contributed by atoms with Crippen molar-refractivity contribution < 1.29 is 19.8 Å². The van der Waals surface area contributed by atoms with E-state index in [0.717, 1.165) is 70.6 Å². The van der Waals surface area contributed by atoms with Crippen molar-refractivity contribution >= 4 is 11.8 Å². The van der Waals surface area contributed by atoms with Gasteiger partial charge in [-0.25, -0.2) is 0 Å². The monoisotopic (exact) mass is 352 g/mol. The minimum absolute atomic E-state index is 0.123. The van der Waals surface area contributed by atoms with Gasteiger partial charge in [-0.15, -0.1) is 0 Å². The maximum atomic E-state index is 12.1. The summed E-state index contributed by atoms with van der Waals surface area (Å²) in [7, 11) is 0. The van der Waals surface area contributed by atoms with E-state index < -0.39 is 5.97 Å². The Hall–Kier alpha value is -1.16. The minimum Gasteiger partial charge on any atom is -0.481 e. The van der Waals surface area contributed by atoms with E-state index in [9.17, 15) is 14.7 Å². The number of carboxylic acid groups (broad SMARTS) is 1. The predicted molar refractivity (Wildman–Crippen MR) is 100 cm³/mol. The summed E-state index contributed by atoms with van der Waals surface area (Å²) in [5, 5.41) is 18.6. The van der Waals surface area contributed by atoms with Crippen molar-refractivity contribution in [2.75, 3.05) is 0 Å². The quantitative estimate of drug-likeness (QED) is 0.344. The molecule has 1 saturated carbocycles. The Morgan fingerprint density at radius 1 is 1.16 bits per heavy atom. The van der Waals surface area contributed by atoms with E-state index in [1.807, 2.05) is 6.08 Å². The smallest absolute Gasteiger partial charge is 0.303 e. The molecule has 0 aromatic rings. The molecule has 0 aromatic heterocycles. The highest BCUT2D eigenvalue weighted by atomic mass is 16.4. The summed E-state index contributed by atoms with van der Waals surface area (Å²) >= 11 is 0. The van der Waals surface area contributed by atoms with Crippen LogP contribution in [-0.2, 0) is 9.59 Å². The number of Topliss-reactive ketones (excluding diaryl/α,β-unsaturated/α-hetero) is 1. The molecule has 0 spiro atoms. The minimum atomic E-state index is -0.719. The van der Waals surface area contributed by atoms with Crippen LogP contribution in [0.1, 0.15) is 90.4 Å². The molecule has 4 nitrogen and oxygen atoms in total. The molecule has 144 valence electrons. The lowest BCUT2D eigenvalue weighted by Crippen LogP contribution is -2.14. The number of rotatable bonds is 14. The summed E-state index contributed by atoms with van der Waals surface area (Å²) in [6.07, 6.45) is 15.4. The Morgan fingerprint density at radius 2 is 1.88 bits per heavy atom. The van der Waals surface area contributed by atoms with Crippen LogP contribution in [0.3, 0.4) is 0 Å².